The third kappa shape index (κ3) is 3.04. The van der Waals surface area contributed by atoms with Gasteiger partial charge >= 0.3 is 0 Å². The molecule has 0 spiro atoms. The van der Waals surface area contributed by atoms with Crippen LogP contribution in [0.3, 0.4) is 0 Å². The smallest absolute Gasteiger partial charge is 0.162 e. The Bertz CT molecular complexity index is 1510. The minimum Gasteiger partial charge on any atom is -0.401 e. The van der Waals surface area contributed by atoms with Gasteiger partial charge in [0.15, 0.2) is 5.82 Å². The van der Waals surface area contributed by atoms with Crippen LogP contribution >= 0.6 is 0 Å². The number of hydrogen-bond acceptors (Lipinski definition) is 6. The highest BCUT2D eigenvalue weighted by molar-refractivity contribution is 5.64. The van der Waals surface area contributed by atoms with Gasteiger partial charge in [0.25, 0.3) is 0 Å². The average molecular weight is 486 g/mol. The lowest BCUT2D eigenvalue weighted by Crippen LogP contribution is -2.38. The van der Waals surface area contributed by atoms with Gasteiger partial charge in [-0.15, -0.1) is 5.10 Å². The van der Waals surface area contributed by atoms with E-state index in [1.165, 1.54) is 18.2 Å². The Hall–Kier alpha value is -4.01. The monoisotopic (exact) mass is 485 g/mol. The number of hydrogen-bond donors (Lipinski definition) is 1. The van der Waals surface area contributed by atoms with Gasteiger partial charge in [0.2, 0.25) is 0 Å². The molecule has 0 unspecified atom stereocenters. The molecule has 0 amide bonds. The maximum Gasteiger partial charge on any atom is 0.162 e. The van der Waals surface area contributed by atoms with E-state index in [1.54, 1.807) is 17.1 Å². The summed E-state index contributed by atoms with van der Waals surface area (Å²) in [7, 11) is 0. The molecule has 2 aliphatic carbocycles. The molecule has 7 nitrogen and oxygen atoms in total. The molecule has 4 aromatic rings. The van der Waals surface area contributed by atoms with Gasteiger partial charge in [0, 0.05) is 18.1 Å². The number of allylic oxidation sites excluding steroid dienone is 1. The second-order valence-electron chi connectivity index (χ2n) is 10.2. The van der Waals surface area contributed by atoms with Crippen LogP contribution in [-0.2, 0) is 12.0 Å². The predicted octanol–water partition coefficient (Wildman–Crippen LogP) is 4.75. The largest absolute Gasteiger partial charge is 0.401 e. The van der Waals surface area contributed by atoms with Crippen LogP contribution in [0.25, 0.3) is 22.6 Å². The Morgan fingerprint density at radius 3 is 2.72 bits per heavy atom. The van der Waals surface area contributed by atoms with Crippen molar-refractivity contribution in [1.29, 1.82) is 0 Å². The highest BCUT2D eigenvalue weighted by Gasteiger charge is 2.65. The molecule has 0 aliphatic heterocycles. The van der Waals surface area contributed by atoms with Gasteiger partial charge in [-0.05, 0) is 54.0 Å². The van der Waals surface area contributed by atoms with Crippen molar-refractivity contribution < 1.29 is 8.78 Å². The van der Waals surface area contributed by atoms with Crippen LogP contribution in [0.4, 0.5) is 8.78 Å². The van der Waals surface area contributed by atoms with Crippen LogP contribution < -0.4 is 5.73 Å². The van der Waals surface area contributed by atoms with Gasteiger partial charge in [-0.1, -0.05) is 26.5 Å². The minimum absolute atomic E-state index is 0.149. The average Bonchev–Trinajstić information content (AvgIpc) is 3.46. The Morgan fingerprint density at radius 1 is 1.19 bits per heavy atom. The minimum atomic E-state index is -0.652. The zero-order chi connectivity index (χ0) is 25.2. The molecule has 2 atom stereocenters. The highest BCUT2D eigenvalue weighted by Crippen LogP contribution is 2.69. The fourth-order valence-corrected chi connectivity index (χ4v) is 6.27. The summed E-state index contributed by atoms with van der Waals surface area (Å²) in [5.74, 6) is -0.587. The van der Waals surface area contributed by atoms with Crippen molar-refractivity contribution in [1.82, 2.24) is 29.9 Å². The SMILES string of the molecule is C=C(N)Cn1cc(-c2nccc([C@@]34CC[C@@H](c5cc(-c6c(F)cccc6F)nnc53)C4(C)C)n2)cn1. The molecule has 182 valence electrons. The first-order valence-corrected chi connectivity index (χ1v) is 11.8. The molecule has 1 aromatic carbocycles. The Morgan fingerprint density at radius 2 is 1.97 bits per heavy atom. The molecule has 9 heteroatoms. The van der Waals surface area contributed by atoms with Crippen LogP contribution in [0.5, 0.6) is 0 Å². The van der Waals surface area contributed by atoms with E-state index < -0.39 is 17.0 Å². The number of fused-ring (bicyclic) bond motifs is 5. The van der Waals surface area contributed by atoms with Crippen molar-refractivity contribution in [3.63, 3.8) is 0 Å². The number of aromatic nitrogens is 6. The molecule has 1 saturated carbocycles. The lowest BCUT2D eigenvalue weighted by molar-refractivity contribution is 0.243. The molecular weight excluding hydrogens is 460 g/mol. The van der Waals surface area contributed by atoms with Crippen LogP contribution in [0, 0.1) is 17.0 Å². The lowest BCUT2D eigenvalue weighted by Gasteiger charge is -2.37. The van der Waals surface area contributed by atoms with Crippen molar-refractivity contribution in [2.75, 3.05) is 0 Å². The maximum atomic E-state index is 14.5. The summed E-state index contributed by atoms with van der Waals surface area (Å²) >= 11 is 0. The first kappa shape index (κ1) is 22.5. The predicted molar refractivity (Wildman–Crippen MR) is 131 cm³/mol. The highest BCUT2D eigenvalue weighted by atomic mass is 19.1. The van der Waals surface area contributed by atoms with Crippen molar-refractivity contribution in [3.05, 3.63) is 89.8 Å². The molecule has 0 saturated heterocycles. The third-order valence-corrected chi connectivity index (χ3v) is 7.95. The molecule has 0 radical (unpaired) electrons. The molecular formula is C27H25F2N7. The van der Waals surface area contributed by atoms with E-state index in [-0.39, 0.29) is 22.6 Å². The fourth-order valence-electron chi connectivity index (χ4n) is 6.27. The first-order valence-electron chi connectivity index (χ1n) is 11.8. The molecule has 2 aliphatic rings. The van der Waals surface area contributed by atoms with Crippen LogP contribution in [0.2, 0.25) is 0 Å². The van der Waals surface area contributed by atoms with Crippen LogP contribution in [0.1, 0.15) is 49.6 Å². The fraction of sp³-hybridized carbons (Fsp3) is 0.296. The van der Waals surface area contributed by atoms with Crippen molar-refractivity contribution in [3.8, 4) is 22.6 Å². The summed E-state index contributed by atoms with van der Waals surface area (Å²) in [6.07, 6.45) is 7.07. The summed E-state index contributed by atoms with van der Waals surface area (Å²) in [5, 5.41) is 13.2. The van der Waals surface area contributed by atoms with Gasteiger partial charge in [-0.3, -0.25) is 4.68 Å². The summed E-state index contributed by atoms with van der Waals surface area (Å²) in [6.45, 7) is 8.56. The Labute approximate surface area is 207 Å². The summed E-state index contributed by atoms with van der Waals surface area (Å²) in [4.78, 5) is 9.48. The number of nitrogens with zero attached hydrogens (tertiary/aromatic N) is 6. The number of nitrogens with two attached hydrogens (primary N) is 1. The van der Waals surface area contributed by atoms with E-state index in [1.807, 2.05) is 18.3 Å². The van der Waals surface area contributed by atoms with E-state index in [4.69, 9.17) is 10.7 Å². The number of rotatable bonds is 5. The van der Waals surface area contributed by atoms with Crippen molar-refractivity contribution in [2.24, 2.45) is 11.1 Å². The summed E-state index contributed by atoms with van der Waals surface area (Å²) < 4.78 is 30.7. The molecule has 2 bridgehead atoms. The number of benzene rings is 1. The lowest BCUT2D eigenvalue weighted by atomic mass is 9.66. The number of halogens is 2. The Balaban J connectivity index is 1.46. The maximum absolute atomic E-state index is 14.5. The second kappa shape index (κ2) is 7.74. The van der Waals surface area contributed by atoms with E-state index in [2.05, 4.69) is 40.7 Å². The van der Waals surface area contributed by atoms with Gasteiger partial charge in [0.1, 0.15) is 11.6 Å². The topological polar surface area (TPSA) is 95.4 Å². The quantitative estimate of drug-likeness (QED) is 0.438. The standard InChI is InChI=1S/C27H25F2N7/c1-15(30)13-36-14-16(12-32-36)25-31-10-8-22(33-25)27-9-7-18(26(27,2)3)17-11-21(34-35-24(17)27)23-19(28)5-4-6-20(23)29/h4-6,8,10-12,14,18H,1,7,9,13,30H2,2-3H3/t18-,27-/m0/s1. The molecule has 3 aromatic heterocycles. The third-order valence-electron chi connectivity index (χ3n) is 7.95. The molecule has 2 N–H and O–H groups in total. The Kier molecular flexibility index (Phi) is 4.83. The summed E-state index contributed by atoms with van der Waals surface area (Å²) in [6, 6.07) is 7.56. The van der Waals surface area contributed by atoms with Gasteiger partial charge in [-0.25, -0.2) is 18.7 Å². The van der Waals surface area contributed by atoms with E-state index in [9.17, 15) is 8.78 Å². The van der Waals surface area contributed by atoms with Gasteiger partial charge in [-0.2, -0.15) is 10.2 Å². The molecule has 1 fully saturated rings. The van der Waals surface area contributed by atoms with Crippen molar-refractivity contribution in [2.45, 2.75) is 44.6 Å². The molecule has 6 rings (SSSR count). The van der Waals surface area contributed by atoms with Crippen molar-refractivity contribution >= 4 is 0 Å². The van der Waals surface area contributed by atoms with Crippen LogP contribution in [0.15, 0.2) is 61.2 Å². The zero-order valence-electron chi connectivity index (χ0n) is 20.0. The normalized spacial score (nSPS) is 21.5. The molecule has 36 heavy (non-hydrogen) atoms. The summed E-state index contributed by atoms with van der Waals surface area (Å²) in [5.41, 5.74) is 8.99. The van der Waals surface area contributed by atoms with E-state index in [0.29, 0.717) is 18.1 Å². The van der Waals surface area contributed by atoms with E-state index >= 15 is 0 Å². The first-order chi connectivity index (χ1) is 17.2. The molecule has 3 heterocycles. The van der Waals surface area contributed by atoms with Gasteiger partial charge in [0.05, 0.1) is 46.4 Å². The second-order valence-corrected chi connectivity index (χ2v) is 10.2. The van der Waals surface area contributed by atoms with E-state index in [0.717, 1.165) is 35.4 Å². The zero-order valence-corrected chi connectivity index (χ0v) is 20.0. The van der Waals surface area contributed by atoms with Crippen LogP contribution in [-0.4, -0.2) is 29.9 Å². The van der Waals surface area contributed by atoms with Gasteiger partial charge < -0.3 is 5.73 Å².